The number of hydrogen-bond acceptors (Lipinski definition) is 4. The van der Waals surface area contributed by atoms with Crippen molar-refractivity contribution in [1.82, 2.24) is 4.98 Å². The summed E-state index contributed by atoms with van der Waals surface area (Å²) in [5.74, 6) is 0. The molecule has 3 aromatic rings. The van der Waals surface area contributed by atoms with Crippen molar-refractivity contribution >= 4 is 27.4 Å². The number of fused-ring (bicyclic) bond motifs is 1. The topological polar surface area (TPSA) is 33.2 Å². The van der Waals surface area contributed by atoms with Gasteiger partial charge < -0.3 is 4.90 Å². The SMILES string of the molecule is CN(CCc1ccccc1)c1nc2ccccc2c(=O)s1. The van der Waals surface area contributed by atoms with Gasteiger partial charge in [0.05, 0.1) is 10.9 Å². The molecule has 4 heteroatoms. The molecule has 0 amide bonds. The van der Waals surface area contributed by atoms with E-state index in [2.05, 4.69) is 17.1 Å². The summed E-state index contributed by atoms with van der Waals surface area (Å²) in [6.07, 6.45) is 0.937. The minimum Gasteiger partial charge on any atom is -0.351 e. The number of rotatable bonds is 4. The zero-order valence-electron chi connectivity index (χ0n) is 11.8. The third-order valence-corrected chi connectivity index (χ3v) is 4.42. The molecule has 0 saturated heterocycles. The Labute approximate surface area is 127 Å². The largest absolute Gasteiger partial charge is 0.351 e. The smallest absolute Gasteiger partial charge is 0.245 e. The molecule has 3 nitrogen and oxygen atoms in total. The quantitative estimate of drug-likeness (QED) is 0.740. The first-order valence-electron chi connectivity index (χ1n) is 6.89. The van der Waals surface area contributed by atoms with E-state index in [-0.39, 0.29) is 4.74 Å². The average molecular weight is 296 g/mol. The van der Waals surface area contributed by atoms with Crippen molar-refractivity contribution in [3.8, 4) is 0 Å². The summed E-state index contributed by atoms with van der Waals surface area (Å²) in [5.41, 5.74) is 2.06. The van der Waals surface area contributed by atoms with Crippen LogP contribution in [0.1, 0.15) is 5.56 Å². The van der Waals surface area contributed by atoms with Gasteiger partial charge in [0, 0.05) is 13.6 Å². The number of likely N-dealkylation sites (N-methyl/N-ethyl adjacent to an activating group) is 1. The molecule has 0 aliphatic rings. The highest BCUT2D eigenvalue weighted by molar-refractivity contribution is 7.13. The lowest BCUT2D eigenvalue weighted by Gasteiger charge is -2.17. The molecule has 3 rings (SSSR count). The standard InChI is InChI=1S/C17H16N2OS/c1-19(12-11-13-7-3-2-4-8-13)17-18-15-10-6-5-9-14(15)16(20)21-17/h2-10H,11-12H2,1H3. The van der Waals surface area contributed by atoms with Gasteiger partial charge in [-0.05, 0) is 24.1 Å². The zero-order valence-corrected chi connectivity index (χ0v) is 12.6. The van der Waals surface area contributed by atoms with Crippen LogP contribution >= 0.6 is 11.3 Å². The van der Waals surface area contributed by atoms with Crippen LogP contribution in [0.4, 0.5) is 5.13 Å². The first-order chi connectivity index (χ1) is 10.2. The van der Waals surface area contributed by atoms with E-state index in [0.29, 0.717) is 5.39 Å². The van der Waals surface area contributed by atoms with Crippen molar-refractivity contribution in [2.45, 2.75) is 6.42 Å². The van der Waals surface area contributed by atoms with Crippen LogP contribution < -0.4 is 9.64 Å². The predicted molar refractivity (Wildman–Crippen MR) is 89.3 cm³/mol. The second-order valence-electron chi connectivity index (χ2n) is 4.96. The Bertz CT molecular complexity index is 798. The van der Waals surface area contributed by atoms with Crippen molar-refractivity contribution in [1.29, 1.82) is 0 Å². The van der Waals surface area contributed by atoms with Crippen LogP contribution in [0.15, 0.2) is 59.4 Å². The van der Waals surface area contributed by atoms with E-state index in [0.717, 1.165) is 23.6 Å². The summed E-state index contributed by atoms with van der Waals surface area (Å²) < 4.78 is 0.0714. The molecule has 0 bridgehead atoms. The maximum absolute atomic E-state index is 12.1. The predicted octanol–water partition coefficient (Wildman–Crippen LogP) is 3.34. The maximum Gasteiger partial charge on any atom is 0.245 e. The highest BCUT2D eigenvalue weighted by atomic mass is 32.1. The van der Waals surface area contributed by atoms with E-state index in [1.54, 1.807) is 0 Å². The van der Waals surface area contributed by atoms with Crippen molar-refractivity contribution in [2.75, 3.05) is 18.5 Å². The Morgan fingerprint density at radius 2 is 1.76 bits per heavy atom. The summed E-state index contributed by atoms with van der Waals surface area (Å²) in [7, 11) is 1.98. The molecule has 0 atom stereocenters. The Hall–Kier alpha value is -2.20. The molecule has 106 valence electrons. The van der Waals surface area contributed by atoms with Crippen LogP contribution in [-0.2, 0) is 6.42 Å². The maximum atomic E-state index is 12.1. The third kappa shape index (κ3) is 3.11. The molecule has 0 N–H and O–H groups in total. The molecule has 0 radical (unpaired) electrons. The van der Waals surface area contributed by atoms with Gasteiger partial charge in [0.25, 0.3) is 0 Å². The molecule has 2 aromatic carbocycles. The van der Waals surface area contributed by atoms with E-state index in [1.165, 1.54) is 16.9 Å². The van der Waals surface area contributed by atoms with Crippen LogP contribution in [0, 0.1) is 0 Å². The van der Waals surface area contributed by atoms with Crippen molar-refractivity contribution in [2.24, 2.45) is 0 Å². The van der Waals surface area contributed by atoms with Crippen LogP contribution in [0.25, 0.3) is 10.9 Å². The summed E-state index contributed by atoms with van der Waals surface area (Å²) in [5, 5.41) is 1.47. The number of nitrogens with zero attached hydrogens (tertiary/aromatic N) is 2. The van der Waals surface area contributed by atoms with Gasteiger partial charge in [-0.1, -0.05) is 53.8 Å². The molecular weight excluding hydrogens is 280 g/mol. The highest BCUT2D eigenvalue weighted by Crippen LogP contribution is 2.18. The van der Waals surface area contributed by atoms with Gasteiger partial charge in [-0.3, -0.25) is 4.79 Å². The van der Waals surface area contributed by atoms with E-state index in [4.69, 9.17) is 0 Å². The summed E-state index contributed by atoms with van der Waals surface area (Å²) >= 11 is 1.21. The Morgan fingerprint density at radius 3 is 2.57 bits per heavy atom. The van der Waals surface area contributed by atoms with Gasteiger partial charge in [0.1, 0.15) is 0 Å². The summed E-state index contributed by atoms with van der Waals surface area (Å²) in [6.45, 7) is 0.839. The van der Waals surface area contributed by atoms with Gasteiger partial charge in [-0.15, -0.1) is 0 Å². The lowest BCUT2D eigenvalue weighted by atomic mass is 10.1. The highest BCUT2D eigenvalue weighted by Gasteiger charge is 2.08. The minimum atomic E-state index is 0.0714. The average Bonchev–Trinajstić information content (AvgIpc) is 2.53. The fourth-order valence-corrected chi connectivity index (χ4v) is 3.05. The van der Waals surface area contributed by atoms with Gasteiger partial charge in [0.2, 0.25) is 4.74 Å². The first-order valence-corrected chi connectivity index (χ1v) is 7.70. The molecule has 0 aliphatic carbocycles. The van der Waals surface area contributed by atoms with Crippen molar-refractivity contribution in [3.63, 3.8) is 0 Å². The van der Waals surface area contributed by atoms with Crippen molar-refractivity contribution < 1.29 is 0 Å². The second-order valence-corrected chi connectivity index (χ2v) is 5.90. The Kier molecular flexibility index (Phi) is 3.97. The van der Waals surface area contributed by atoms with Crippen LogP contribution in [0.3, 0.4) is 0 Å². The number of anilines is 1. The molecule has 1 aromatic heterocycles. The van der Waals surface area contributed by atoms with Gasteiger partial charge in [-0.25, -0.2) is 4.98 Å². The second kappa shape index (κ2) is 6.06. The number of aromatic nitrogens is 1. The van der Waals surface area contributed by atoms with Gasteiger partial charge in [-0.2, -0.15) is 0 Å². The third-order valence-electron chi connectivity index (χ3n) is 3.43. The molecule has 0 spiro atoms. The molecule has 0 aliphatic heterocycles. The normalized spacial score (nSPS) is 10.7. The number of hydrogen-bond donors (Lipinski definition) is 0. The molecule has 0 unspecified atom stereocenters. The summed E-state index contributed by atoms with van der Waals surface area (Å²) in [4.78, 5) is 18.8. The fourth-order valence-electron chi connectivity index (χ4n) is 2.21. The summed E-state index contributed by atoms with van der Waals surface area (Å²) in [6, 6.07) is 17.8. The molecule has 0 saturated carbocycles. The lowest BCUT2D eigenvalue weighted by Crippen LogP contribution is -2.21. The van der Waals surface area contributed by atoms with Gasteiger partial charge >= 0.3 is 0 Å². The molecule has 0 fully saturated rings. The van der Waals surface area contributed by atoms with Crippen LogP contribution in [-0.4, -0.2) is 18.6 Å². The molecule has 21 heavy (non-hydrogen) atoms. The fraction of sp³-hybridized carbons (Fsp3) is 0.176. The first kappa shape index (κ1) is 13.8. The lowest BCUT2D eigenvalue weighted by molar-refractivity contribution is 0.872. The van der Waals surface area contributed by atoms with Gasteiger partial charge in [0.15, 0.2) is 5.13 Å². The number of para-hydroxylation sites is 1. The van der Waals surface area contributed by atoms with Crippen molar-refractivity contribution in [3.05, 3.63) is 69.7 Å². The Balaban J connectivity index is 1.81. The van der Waals surface area contributed by atoms with E-state index < -0.39 is 0 Å². The molecule has 1 heterocycles. The Morgan fingerprint density at radius 1 is 1.05 bits per heavy atom. The van der Waals surface area contributed by atoms with E-state index >= 15 is 0 Å². The van der Waals surface area contributed by atoms with Crippen LogP contribution in [0.2, 0.25) is 0 Å². The molecular formula is C17H16N2OS. The van der Waals surface area contributed by atoms with E-state index in [1.807, 2.05) is 54.4 Å². The van der Waals surface area contributed by atoms with Crippen LogP contribution in [0.5, 0.6) is 0 Å². The number of benzene rings is 2. The monoisotopic (exact) mass is 296 g/mol. The van der Waals surface area contributed by atoms with E-state index in [9.17, 15) is 4.79 Å². The zero-order chi connectivity index (χ0) is 14.7. The minimum absolute atomic E-state index is 0.0714.